The van der Waals surface area contributed by atoms with Crippen LogP contribution in [0.5, 0.6) is 17.2 Å². The van der Waals surface area contributed by atoms with Gasteiger partial charge in [-0.3, -0.25) is 0 Å². The van der Waals surface area contributed by atoms with Crippen LogP contribution in [0.1, 0.15) is 18.1 Å². The van der Waals surface area contributed by atoms with Gasteiger partial charge in [0.05, 0.1) is 20.8 Å². The van der Waals surface area contributed by atoms with Gasteiger partial charge in [0.1, 0.15) is 5.75 Å². The average Bonchev–Trinajstić information content (AvgIpc) is 3.03. The minimum atomic E-state index is -0.515. The maximum absolute atomic E-state index is 12.2. The van der Waals surface area contributed by atoms with Crippen LogP contribution in [-0.4, -0.2) is 32.7 Å². The summed E-state index contributed by atoms with van der Waals surface area (Å²) in [7, 11) is 3.10. The quantitative estimate of drug-likeness (QED) is 0.588. The summed E-state index contributed by atoms with van der Waals surface area (Å²) in [6.45, 7) is 2.51. The van der Waals surface area contributed by atoms with E-state index in [0.717, 1.165) is 5.75 Å². The number of carbonyl (C=O) groups excluding carboxylic acids is 1. The summed E-state index contributed by atoms with van der Waals surface area (Å²) in [5.74, 6) is 1.59. The summed E-state index contributed by atoms with van der Waals surface area (Å²) in [4.78, 5) is 16.5. The molecule has 2 aromatic rings. The highest BCUT2D eigenvalue weighted by Gasteiger charge is 2.25. The fourth-order valence-electron chi connectivity index (χ4n) is 2.57. The molecule has 0 aliphatic carbocycles. The van der Waals surface area contributed by atoms with E-state index in [4.69, 9.17) is 18.9 Å². The molecule has 0 radical (unpaired) electrons. The van der Waals surface area contributed by atoms with Gasteiger partial charge in [0.2, 0.25) is 5.90 Å². The molecule has 1 aliphatic heterocycles. The zero-order valence-electron chi connectivity index (χ0n) is 14.8. The monoisotopic (exact) mass is 353 g/mol. The molecular formula is C20H19NO5. The molecule has 6 nitrogen and oxygen atoms in total. The SMILES string of the molecule is CCOc1ccc(C2=N/C(=C/c3cccc(OC)c3OC)C(=O)O2)cc1. The minimum Gasteiger partial charge on any atom is -0.494 e. The number of aliphatic imine (C=N–C) groups is 1. The first-order chi connectivity index (χ1) is 12.7. The predicted octanol–water partition coefficient (Wildman–Crippen LogP) is 3.45. The smallest absolute Gasteiger partial charge is 0.363 e. The van der Waals surface area contributed by atoms with Crippen LogP contribution in [0.15, 0.2) is 53.2 Å². The second-order valence-electron chi connectivity index (χ2n) is 5.38. The summed E-state index contributed by atoms with van der Waals surface area (Å²) in [6.07, 6.45) is 1.62. The number of para-hydroxylation sites is 1. The van der Waals surface area contributed by atoms with Gasteiger partial charge in [0.25, 0.3) is 0 Å². The molecule has 3 rings (SSSR count). The third kappa shape index (κ3) is 3.54. The van der Waals surface area contributed by atoms with E-state index in [1.54, 1.807) is 38.5 Å². The second-order valence-corrected chi connectivity index (χ2v) is 5.38. The van der Waals surface area contributed by atoms with Crippen LogP contribution in [0, 0.1) is 0 Å². The molecule has 0 unspecified atom stereocenters. The van der Waals surface area contributed by atoms with Crippen molar-refractivity contribution in [1.29, 1.82) is 0 Å². The molecule has 26 heavy (non-hydrogen) atoms. The van der Waals surface area contributed by atoms with Gasteiger partial charge in [0, 0.05) is 11.1 Å². The number of rotatable bonds is 6. The first-order valence-corrected chi connectivity index (χ1v) is 8.13. The summed E-state index contributed by atoms with van der Waals surface area (Å²) >= 11 is 0. The van der Waals surface area contributed by atoms with Crippen molar-refractivity contribution in [3.63, 3.8) is 0 Å². The second kappa shape index (κ2) is 7.74. The lowest BCUT2D eigenvalue weighted by molar-refractivity contribution is -0.129. The molecule has 1 heterocycles. The van der Waals surface area contributed by atoms with Crippen LogP contribution in [0.25, 0.3) is 6.08 Å². The van der Waals surface area contributed by atoms with Gasteiger partial charge in [-0.2, -0.15) is 0 Å². The lowest BCUT2D eigenvalue weighted by Gasteiger charge is -2.09. The molecule has 0 aromatic heterocycles. The third-order valence-electron chi connectivity index (χ3n) is 3.76. The van der Waals surface area contributed by atoms with Gasteiger partial charge in [-0.15, -0.1) is 0 Å². The van der Waals surface area contributed by atoms with E-state index >= 15 is 0 Å². The Balaban J connectivity index is 1.92. The van der Waals surface area contributed by atoms with Gasteiger partial charge in [-0.05, 0) is 43.3 Å². The predicted molar refractivity (Wildman–Crippen MR) is 97.8 cm³/mol. The normalized spacial score (nSPS) is 14.8. The molecule has 0 saturated carbocycles. The number of nitrogens with zero attached hydrogens (tertiary/aromatic N) is 1. The molecule has 0 atom stereocenters. The Morgan fingerprint density at radius 3 is 2.50 bits per heavy atom. The topological polar surface area (TPSA) is 66.3 Å². The van der Waals surface area contributed by atoms with Crippen LogP contribution in [0.4, 0.5) is 0 Å². The van der Waals surface area contributed by atoms with Crippen LogP contribution in [0.3, 0.4) is 0 Å². The van der Waals surface area contributed by atoms with Gasteiger partial charge in [-0.25, -0.2) is 9.79 Å². The molecule has 0 bridgehead atoms. The Kier molecular flexibility index (Phi) is 5.22. The van der Waals surface area contributed by atoms with Gasteiger partial charge in [-0.1, -0.05) is 12.1 Å². The zero-order chi connectivity index (χ0) is 18.5. The molecule has 6 heteroatoms. The van der Waals surface area contributed by atoms with Crippen LogP contribution in [0.2, 0.25) is 0 Å². The van der Waals surface area contributed by atoms with E-state index in [1.807, 2.05) is 31.2 Å². The van der Waals surface area contributed by atoms with E-state index in [-0.39, 0.29) is 11.6 Å². The Morgan fingerprint density at radius 1 is 1.08 bits per heavy atom. The maximum Gasteiger partial charge on any atom is 0.363 e. The zero-order valence-corrected chi connectivity index (χ0v) is 14.8. The van der Waals surface area contributed by atoms with Gasteiger partial charge >= 0.3 is 5.97 Å². The largest absolute Gasteiger partial charge is 0.494 e. The summed E-state index contributed by atoms with van der Waals surface area (Å²) in [5.41, 5.74) is 1.57. The van der Waals surface area contributed by atoms with Crippen molar-refractivity contribution in [2.24, 2.45) is 4.99 Å². The Morgan fingerprint density at radius 2 is 1.85 bits per heavy atom. The number of benzene rings is 2. The van der Waals surface area contributed by atoms with E-state index in [1.165, 1.54) is 0 Å². The van der Waals surface area contributed by atoms with E-state index in [0.29, 0.717) is 29.2 Å². The van der Waals surface area contributed by atoms with Crippen molar-refractivity contribution in [2.75, 3.05) is 20.8 Å². The minimum absolute atomic E-state index is 0.195. The number of cyclic esters (lactones) is 1. The number of carbonyl (C=O) groups is 1. The van der Waals surface area contributed by atoms with Gasteiger partial charge < -0.3 is 18.9 Å². The molecule has 0 N–H and O–H groups in total. The van der Waals surface area contributed by atoms with E-state index in [2.05, 4.69) is 4.99 Å². The molecule has 0 saturated heterocycles. The van der Waals surface area contributed by atoms with Crippen molar-refractivity contribution < 1.29 is 23.7 Å². The number of hydrogen-bond donors (Lipinski definition) is 0. The van der Waals surface area contributed by atoms with E-state index in [9.17, 15) is 4.79 Å². The standard InChI is InChI=1S/C20H19NO5/c1-4-25-15-10-8-13(9-11-15)19-21-16(20(22)26-19)12-14-6-5-7-17(23-2)18(14)24-3/h5-12H,4H2,1-3H3/b16-12+. The molecule has 0 amide bonds. The van der Waals surface area contributed by atoms with Gasteiger partial charge in [0.15, 0.2) is 17.2 Å². The lowest BCUT2D eigenvalue weighted by atomic mass is 10.1. The van der Waals surface area contributed by atoms with Crippen molar-refractivity contribution in [2.45, 2.75) is 6.92 Å². The van der Waals surface area contributed by atoms with Crippen LogP contribution < -0.4 is 14.2 Å². The summed E-state index contributed by atoms with van der Waals surface area (Å²) < 4.78 is 21.3. The highest BCUT2D eigenvalue weighted by Crippen LogP contribution is 2.33. The molecule has 2 aromatic carbocycles. The number of esters is 1. The van der Waals surface area contributed by atoms with Crippen molar-refractivity contribution in [1.82, 2.24) is 0 Å². The lowest BCUT2D eigenvalue weighted by Crippen LogP contribution is -2.05. The Bertz CT molecular complexity index is 868. The van der Waals surface area contributed by atoms with Crippen molar-refractivity contribution >= 4 is 17.9 Å². The summed E-state index contributed by atoms with van der Waals surface area (Å²) in [6, 6.07) is 12.6. The first kappa shape index (κ1) is 17.5. The van der Waals surface area contributed by atoms with Crippen LogP contribution >= 0.6 is 0 Å². The van der Waals surface area contributed by atoms with Crippen LogP contribution in [-0.2, 0) is 9.53 Å². The maximum atomic E-state index is 12.2. The highest BCUT2D eigenvalue weighted by atomic mass is 16.6. The van der Waals surface area contributed by atoms with Crippen molar-refractivity contribution in [3.05, 3.63) is 59.3 Å². The molecule has 0 spiro atoms. The Labute approximate surface area is 151 Å². The number of methoxy groups -OCH3 is 2. The third-order valence-corrected chi connectivity index (χ3v) is 3.76. The average molecular weight is 353 g/mol. The highest BCUT2D eigenvalue weighted by molar-refractivity contribution is 6.13. The summed E-state index contributed by atoms with van der Waals surface area (Å²) in [5, 5.41) is 0. The Hall–Kier alpha value is -3.28. The fourth-order valence-corrected chi connectivity index (χ4v) is 2.57. The molecule has 0 fully saturated rings. The fraction of sp³-hybridized carbons (Fsp3) is 0.200. The number of ether oxygens (including phenoxy) is 4. The molecule has 1 aliphatic rings. The molecule has 134 valence electrons. The molecular weight excluding hydrogens is 334 g/mol. The number of hydrogen-bond acceptors (Lipinski definition) is 6. The van der Waals surface area contributed by atoms with Crippen molar-refractivity contribution in [3.8, 4) is 17.2 Å². The first-order valence-electron chi connectivity index (χ1n) is 8.13. The van der Waals surface area contributed by atoms with E-state index < -0.39 is 5.97 Å².